The molecule has 0 fully saturated rings. The van der Waals surface area contributed by atoms with Gasteiger partial charge in [0.25, 0.3) is 5.91 Å². The highest BCUT2D eigenvalue weighted by atomic mass is 32.1. The first kappa shape index (κ1) is 14.0. The number of hydrogen-bond acceptors (Lipinski definition) is 5. The van der Waals surface area contributed by atoms with Crippen LogP contribution in [0, 0.1) is 6.92 Å². The molecule has 0 spiro atoms. The molecular weight excluding hydrogens is 304 g/mol. The van der Waals surface area contributed by atoms with E-state index in [1.165, 1.54) is 11.3 Å². The highest BCUT2D eigenvalue weighted by Gasteiger charge is 2.19. The van der Waals surface area contributed by atoms with Gasteiger partial charge in [-0.2, -0.15) is 11.3 Å². The molecule has 1 amide bonds. The summed E-state index contributed by atoms with van der Waals surface area (Å²) in [5, 5.41) is 7.86. The highest BCUT2D eigenvalue weighted by molar-refractivity contribution is 7.17. The van der Waals surface area contributed by atoms with E-state index in [0.717, 1.165) is 22.1 Å². The Morgan fingerprint density at radius 2 is 2.33 bits per heavy atom. The quantitative estimate of drug-likeness (QED) is 0.774. The lowest BCUT2D eigenvalue weighted by Crippen LogP contribution is -2.27. The summed E-state index contributed by atoms with van der Waals surface area (Å²) in [4.78, 5) is 24.7. The Hall–Kier alpha value is -1.99. The minimum Gasteiger partial charge on any atom is -0.347 e. The average Bonchev–Trinajstić information content (AvgIpc) is 3.20. The summed E-state index contributed by atoms with van der Waals surface area (Å²) in [5.74, 6) is 0.624. The fraction of sp³-hybridized carbons (Fsp3) is 0.214. The molecule has 2 N–H and O–H groups in total. The Kier molecular flexibility index (Phi) is 3.85. The first-order chi connectivity index (χ1) is 10.1. The van der Waals surface area contributed by atoms with Crippen LogP contribution in [0.25, 0.3) is 10.6 Å². The van der Waals surface area contributed by atoms with Crippen molar-refractivity contribution in [3.05, 3.63) is 45.6 Å². The molecule has 0 aliphatic carbocycles. The van der Waals surface area contributed by atoms with Gasteiger partial charge >= 0.3 is 0 Å². The second kappa shape index (κ2) is 5.79. The van der Waals surface area contributed by atoms with Gasteiger partial charge < -0.3 is 10.3 Å². The van der Waals surface area contributed by atoms with Crippen LogP contribution in [-0.4, -0.2) is 20.9 Å². The summed E-state index contributed by atoms with van der Waals surface area (Å²) >= 11 is 3.04. The highest BCUT2D eigenvalue weighted by Crippen LogP contribution is 2.29. The number of thiophene rings is 1. The SMILES string of the molecule is Cc1nc(-c2ccsc2)sc1C(=O)NC(C)c1ncc[nH]1. The van der Waals surface area contributed by atoms with Crippen molar-refractivity contribution in [1.29, 1.82) is 0 Å². The van der Waals surface area contributed by atoms with Crippen LogP contribution in [0.3, 0.4) is 0 Å². The normalized spacial score (nSPS) is 12.3. The maximum Gasteiger partial charge on any atom is 0.263 e. The maximum atomic E-state index is 12.4. The maximum absolute atomic E-state index is 12.4. The second-order valence-electron chi connectivity index (χ2n) is 4.62. The van der Waals surface area contributed by atoms with E-state index < -0.39 is 0 Å². The Labute approximate surface area is 130 Å². The number of thiazole rings is 1. The molecule has 3 aromatic heterocycles. The van der Waals surface area contributed by atoms with Crippen molar-refractivity contribution in [2.24, 2.45) is 0 Å². The molecule has 0 aliphatic rings. The van der Waals surface area contributed by atoms with Gasteiger partial charge in [-0.1, -0.05) is 0 Å². The van der Waals surface area contributed by atoms with Gasteiger partial charge in [0.15, 0.2) is 0 Å². The number of carbonyl (C=O) groups excluding carboxylic acids is 1. The number of aromatic nitrogens is 3. The molecule has 7 heteroatoms. The van der Waals surface area contributed by atoms with Crippen LogP contribution in [0.4, 0.5) is 0 Å². The molecule has 0 saturated carbocycles. The zero-order valence-electron chi connectivity index (χ0n) is 11.6. The molecule has 0 saturated heterocycles. The van der Waals surface area contributed by atoms with E-state index in [4.69, 9.17) is 0 Å². The molecule has 1 atom stereocenters. The number of amides is 1. The second-order valence-corrected chi connectivity index (χ2v) is 6.39. The molecule has 5 nitrogen and oxygen atoms in total. The smallest absolute Gasteiger partial charge is 0.263 e. The molecular formula is C14H14N4OS2. The Morgan fingerprint density at radius 1 is 1.48 bits per heavy atom. The lowest BCUT2D eigenvalue weighted by molar-refractivity contribution is 0.0941. The van der Waals surface area contributed by atoms with Gasteiger partial charge in [-0.05, 0) is 25.3 Å². The van der Waals surface area contributed by atoms with Crippen LogP contribution < -0.4 is 5.32 Å². The molecule has 0 bridgehead atoms. The molecule has 3 rings (SSSR count). The van der Waals surface area contributed by atoms with Crippen LogP contribution in [0.2, 0.25) is 0 Å². The average molecular weight is 318 g/mol. The van der Waals surface area contributed by atoms with Gasteiger partial charge in [-0.25, -0.2) is 9.97 Å². The van der Waals surface area contributed by atoms with E-state index in [9.17, 15) is 4.79 Å². The van der Waals surface area contributed by atoms with Gasteiger partial charge in [0.1, 0.15) is 15.7 Å². The number of imidazole rings is 1. The minimum absolute atomic E-state index is 0.115. The van der Waals surface area contributed by atoms with Crippen molar-refractivity contribution in [3.63, 3.8) is 0 Å². The third-order valence-corrected chi connectivity index (χ3v) is 4.94. The lowest BCUT2D eigenvalue weighted by Gasteiger charge is -2.10. The minimum atomic E-state index is -0.168. The first-order valence-electron chi connectivity index (χ1n) is 6.45. The number of nitrogens with one attached hydrogen (secondary N) is 2. The van der Waals surface area contributed by atoms with Gasteiger partial charge in [-0.15, -0.1) is 11.3 Å². The summed E-state index contributed by atoms with van der Waals surface area (Å²) in [6.07, 6.45) is 3.41. The number of hydrogen-bond donors (Lipinski definition) is 2. The van der Waals surface area contributed by atoms with Crippen molar-refractivity contribution in [3.8, 4) is 10.6 Å². The molecule has 0 radical (unpaired) electrons. The molecule has 3 aromatic rings. The van der Waals surface area contributed by atoms with Crippen molar-refractivity contribution in [2.75, 3.05) is 0 Å². The van der Waals surface area contributed by atoms with E-state index in [-0.39, 0.29) is 11.9 Å². The van der Waals surface area contributed by atoms with Crippen LogP contribution >= 0.6 is 22.7 Å². The topological polar surface area (TPSA) is 70.7 Å². The lowest BCUT2D eigenvalue weighted by atomic mass is 10.3. The summed E-state index contributed by atoms with van der Waals surface area (Å²) in [6.45, 7) is 3.76. The third-order valence-electron chi connectivity index (χ3n) is 3.05. The Morgan fingerprint density at radius 3 is 3.00 bits per heavy atom. The van der Waals surface area contributed by atoms with Gasteiger partial charge in [0.2, 0.25) is 0 Å². The van der Waals surface area contributed by atoms with Crippen molar-refractivity contribution in [1.82, 2.24) is 20.3 Å². The van der Waals surface area contributed by atoms with Crippen LogP contribution in [0.1, 0.15) is 34.2 Å². The molecule has 108 valence electrons. The van der Waals surface area contributed by atoms with Crippen molar-refractivity contribution < 1.29 is 4.79 Å². The fourth-order valence-electron chi connectivity index (χ4n) is 1.96. The van der Waals surface area contributed by atoms with E-state index >= 15 is 0 Å². The van der Waals surface area contributed by atoms with E-state index in [1.807, 2.05) is 30.7 Å². The van der Waals surface area contributed by atoms with E-state index in [0.29, 0.717) is 4.88 Å². The third kappa shape index (κ3) is 2.88. The standard InChI is InChI=1S/C14H14N4OS2/c1-8-11(21-14(18-8)10-3-6-20-7-10)13(19)17-9(2)12-15-4-5-16-12/h3-7,9H,1-2H3,(H,15,16)(H,17,19). The van der Waals surface area contributed by atoms with Crippen molar-refractivity contribution in [2.45, 2.75) is 19.9 Å². The largest absolute Gasteiger partial charge is 0.347 e. The van der Waals surface area contributed by atoms with Crippen LogP contribution in [0.5, 0.6) is 0 Å². The fourth-order valence-corrected chi connectivity index (χ4v) is 3.64. The number of nitrogens with zero attached hydrogens (tertiary/aromatic N) is 2. The number of aryl methyl sites for hydroxylation is 1. The van der Waals surface area contributed by atoms with Crippen LogP contribution in [0.15, 0.2) is 29.2 Å². The number of H-pyrrole nitrogens is 1. The summed E-state index contributed by atoms with van der Waals surface area (Å²) in [6, 6.07) is 1.84. The summed E-state index contributed by atoms with van der Waals surface area (Å²) in [7, 11) is 0. The predicted molar refractivity (Wildman–Crippen MR) is 84.6 cm³/mol. The molecule has 3 heterocycles. The first-order valence-corrected chi connectivity index (χ1v) is 8.21. The predicted octanol–water partition coefficient (Wildman–Crippen LogP) is 3.39. The zero-order chi connectivity index (χ0) is 14.8. The molecule has 0 aromatic carbocycles. The molecule has 1 unspecified atom stereocenters. The van der Waals surface area contributed by atoms with Gasteiger partial charge in [-0.3, -0.25) is 4.79 Å². The zero-order valence-corrected chi connectivity index (χ0v) is 13.2. The van der Waals surface area contributed by atoms with E-state index in [1.54, 1.807) is 23.7 Å². The Bertz CT molecular complexity index is 731. The molecule has 21 heavy (non-hydrogen) atoms. The van der Waals surface area contributed by atoms with Gasteiger partial charge in [0, 0.05) is 23.3 Å². The number of aromatic amines is 1. The van der Waals surface area contributed by atoms with E-state index in [2.05, 4.69) is 20.3 Å². The Balaban J connectivity index is 1.79. The van der Waals surface area contributed by atoms with Crippen molar-refractivity contribution >= 4 is 28.6 Å². The summed E-state index contributed by atoms with van der Waals surface area (Å²) in [5.41, 5.74) is 1.82. The summed E-state index contributed by atoms with van der Waals surface area (Å²) < 4.78 is 0. The number of rotatable bonds is 4. The van der Waals surface area contributed by atoms with Gasteiger partial charge in [0.05, 0.1) is 11.7 Å². The van der Waals surface area contributed by atoms with Crippen LogP contribution in [-0.2, 0) is 0 Å². The number of carbonyl (C=O) groups is 1. The molecule has 0 aliphatic heterocycles. The monoisotopic (exact) mass is 318 g/mol.